The Kier molecular flexibility index (Phi) is 4.87. The minimum Gasteiger partial charge on any atom is -0.394 e. The van der Waals surface area contributed by atoms with Gasteiger partial charge in [-0.3, -0.25) is 0 Å². The smallest absolute Gasteiger partial charge is 0.0652 e. The van der Waals surface area contributed by atoms with Gasteiger partial charge in [-0.1, -0.05) is 35.3 Å². The maximum absolute atomic E-state index is 9.69. The molecule has 0 bridgehead atoms. The molecule has 19 heavy (non-hydrogen) atoms. The van der Waals surface area contributed by atoms with E-state index in [2.05, 4.69) is 11.4 Å². The first-order valence-corrected chi connectivity index (χ1v) is 7.52. The summed E-state index contributed by atoms with van der Waals surface area (Å²) in [5.74, 6) is 0. The molecule has 2 nitrogen and oxygen atoms in total. The van der Waals surface area contributed by atoms with Crippen molar-refractivity contribution >= 4 is 34.5 Å². The van der Waals surface area contributed by atoms with E-state index in [0.717, 1.165) is 5.56 Å². The lowest BCUT2D eigenvalue weighted by Crippen LogP contribution is -2.42. The van der Waals surface area contributed by atoms with Crippen LogP contribution in [0.4, 0.5) is 0 Å². The molecule has 0 aliphatic heterocycles. The van der Waals surface area contributed by atoms with E-state index in [1.165, 1.54) is 4.88 Å². The molecular formula is C14H15Cl2NOS. The quantitative estimate of drug-likeness (QED) is 0.872. The summed E-state index contributed by atoms with van der Waals surface area (Å²) in [4.78, 5) is 1.22. The molecule has 1 aromatic heterocycles. The Morgan fingerprint density at radius 2 is 2.05 bits per heavy atom. The number of benzene rings is 1. The fourth-order valence-electron chi connectivity index (χ4n) is 1.78. The van der Waals surface area contributed by atoms with E-state index in [0.29, 0.717) is 16.6 Å². The van der Waals surface area contributed by atoms with Gasteiger partial charge in [-0.15, -0.1) is 11.3 Å². The zero-order valence-electron chi connectivity index (χ0n) is 10.5. The predicted molar refractivity (Wildman–Crippen MR) is 82.1 cm³/mol. The molecule has 0 spiro atoms. The first-order chi connectivity index (χ1) is 9.05. The number of thiophene rings is 1. The number of nitrogens with one attached hydrogen (secondary N) is 1. The lowest BCUT2D eigenvalue weighted by Gasteiger charge is -2.29. The molecule has 0 saturated heterocycles. The zero-order valence-corrected chi connectivity index (χ0v) is 12.8. The van der Waals surface area contributed by atoms with E-state index in [9.17, 15) is 5.11 Å². The highest BCUT2D eigenvalue weighted by molar-refractivity contribution is 7.09. The summed E-state index contributed by atoms with van der Waals surface area (Å²) in [7, 11) is 0. The average Bonchev–Trinajstić information content (AvgIpc) is 2.92. The summed E-state index contributed by atoms with van der Waals surface area (Å²) in [6.07, 6.45) is 0. The second-order valence-electron chi connectivity index (χ2n) is 4.55. The van der Waals surface area contributed by atoms with E-state index < -0.39 is 5.54 Å². The van der Waals surface area contributed by atoms with Crippen molar-refractivity contribution in [2.24, 2.45) is 0 Å². The van der Waals surface area contributed by atoms with Crippen LogP contribution in [0.2, 0.25) is 10.0 Å². The van der Waals surface area contributed by atoms with E-state index >= 15 is 0 Å². The van der Waals surface area contributed by atoms with Crippen LogP contribution in [0.5, 0.6) is 0 Å². The van der Waals surface area contributed by atoms with Crippen LogP contribution in [0.3, 0.4) is 0 Å². The first kappa shape index (κ1) is 14.8. The SMILES string of the molecule is CC(CO)(NCc1cccs1)c1ccc(Cl)c(Cl)c1. The van der Waals surface area contributed by atoms with E-state index in [1.54, 1.807) is 23.5 Å². The van der Waals surface area contributed by atoms with Gasteiger partial charge in [-0.05, 0) is 36.1 Å². The van der Waals surface area contributed by atoms with Crippen molar-refractivity contribution in [1.29, 1.82) is 0 Å². The summed E-state index contributed by atoms with van der Waals surface area (Å²) in [6, 6.07) is 9.49. The summed E-state index contributed by atoms with van der Waals surface area (Å²) >= 11 is 13.6. The van der Waals surface area contributed by atoms with Crippen LogP contribution in [-0.2, 0) is 12.1 Å². The molecule has 0 aliphatic rings. The largest absolute Gasteiger partial charge is 0.394 e. The van der Waals surface area contributed by atoms with Gasteiger partial charge in [0.1, 0.15) is 0 Å². The molecule has 1 aromatic carbocycles. The molecule has 2 N–H and O–H groups in total. The van der Waals surface area contributed by atoms with Crippen LogP contribution in [0.1, 0.15) is 17.4 Å². The third kappa shape index (κ3) is 3.50. The van der Waals surface area contributed by atoms with Gasteiger partial charge >= 0.3 is 0 Å². The molecule has 1 atom stereocenters. The second kappa shape index (κ2) is 6.25. The van der Waals surface area contributed by atoms with Gasteiger partial charge in [0, 0.05) is 11.4 Å². The molecule has 0 aliphatic carbocycles. The molecule has 0 amide bonds. The maximum Gasteiger partial charge on any atom is 0.0652 e. The Bertz CT molecular complexity index is 544. The topological polar surface area (TPSA) is 32.3 Å². The third-order valence-electron chi connectivity index (χ3n) is 3.11. The minimum absolute atomic E-state index is 0.0175. The Morgan fingerprint density at radius 1 is 1.26 bits per heavy atom. The molecule has 1 heterocycles. The Balaban J connectivity index is 2.18. The fourth-order valence-corrected chi connectivity index (χ4v) is 2.73. The highest BCUT2D eigenvalue weighted by Gasteiger charge is 2.25. The molecule has 1 unspecified atom stereocenters. The van der Waals surface area contributed by atoms with E-state index in [-0.39, 0.29) is 6.61 Å². The van der Waals surface area contributed by atoms with Crippen LogP contribution >= 0.6 is 34.5 Å². The van der Waals surface area contributed by atoms with Crippen molar-refractivity contribution in [2.45, 2.75) is 19.0 Å². The van der Waals surface area contributed by atoms with Crippen molar-refractivity contribution in [3.63, 3.8) is 0 Å². The lowest BCUT2D eigenvalue weighted by molar-refractivity contribution is 0.174. The van der Waals surface area contributed by atoms with Gasteiger partial charge in [0.25, 0.3) is 0 Å². The van der Waals surface area contributed by atoms with Crippen LogP contribution in [0.25, 0.3) is 0 Å². The zero-order chi connectivity index (χ0) is 13.9. The molecule has 0 fully saturated rings. The summed E-state index contributed by atoms with van der Waals surface area (Å²) in [5, 5.41) is 16.1. The summed E-state index contributed by atoms with van der Waals surface area (Å²) in [6.45, 7) is 2.63. The number of rotatable bonds is 5. The van der Waals surface area contributed by atoms with Crippen molar-refractivity contribution in [2.75, 3.05) is 6.61 Å². The monoisotopic (exact) mass is 315 g/mol. The molecule has 0 saturated carbocycles. The van der Waals surface area contributed by atoms with Crippen LogP contribution < -0.4 is 5.32 Å². The maximum atomic E-state index is 9.69. The summed E-state index contributed by atoms with van der Waals surface area (Å²) < 4.78 is 0. The highest BCUT2D eigenvalue weighted by atomic mass is 35.5. The standard InChI is InChI=1S/C14H15Cl2NOS/c1-14(9-18,17-8-11-3-2-6-19-11)10-4-5-12(15)13(16)7-10/h2-7,17-18H,8-9H2,1H3. The minimum atomic E-state index is -0.543. The highest BCUT2D eigenvalue weighted by Crippen LogP contribution is 2.29. The van der Waals surface area contributed by atoms with Gasteiger partial charge in [0.05, 0.1) is 22.2 Å². The van der Waals surface area contributed by atoms with Crippen LogP contribution in [0, 0.1) is 0 Å². The van der Waals surface area contributed by atoms with Gasteiger partial charge in [-0.2, -0.15) is 0 Å². The van der Waals surface area contributed by atoms with Crippen LogP contribution in [0.15, 0.2) is 35.7 Å². The van der Waals surface area contributed by atoms with Crippen molar-refractivity contribution < 1.29 is 5.11 Å². The Hall–Kier alpha value is -0.580. The molecule has 5 heteroatoms. The predicted octanol–water partition coefficient (Wildman–Crippen LogP) is 4.05. The normalized spacial score (nSPS) is 14.3. The summed E-state index contributed by atoms with van der Waals surface area (Å²) in [5.41, 5.74) is 0.374. The van der Waals surface area contributed by atoms with Gasteiger partial charge in [0.2, 0.25) is 0 Å². The number of aliphatic hydroxyl groups excluding tert-OH is 1. The molecule has 2 rings (SSSR count). The third-order valence-corrected chi connectivity index (χ3v) is 4.72. The van der Waals surface area contributed by atoms with Gasteiger partial charge in [0.15, 0.2) is 0 Å². The van der Waals surface area contributed by atoms with Crippen molar-refractivity contribution in [1.82, 2.24) is 5.32 Å². The Labute approximate surface area is 127 Å². The van der Waals surface area contributed by atoms with Gasteiger partial charge < -0.3 is 10.4 Å². The number of halogens is 2. The molecular weight excluding hydrogens is 301 g/mol. The first-order valence-electron chi connectivity index (χ1n) is 5.89. The van der Waals surface area contributed by atoms with Crippen LogP contribution in [-0.4, -0.2) is 11.7 Å². The van der Waals surface area contributed by atoms with E-state index in [4.69, 9.17) is 23.2 Å². The fraction of sp³-hybridized carbons (Fsp3) is 0.286. The molecule has 2 aromatic rings. The van der Waals surface area contributed by atoms with Crippen molar-refractivity contribution in [3.8, 4) is 0 Å². The Morgan fingerprint density at radius 3 is 2.63 bits per heavy atom. The van der Waals surface area contributed by atoms with Gasteiger partial charge in [-0.25, -0.2) is 0 Å². The number of aliphatic hydroxyl groups is 1. The number of hydrogen-bond donors (Lipinski definition) is 2. The van der Waals surface area contributed by atoms with Crippen molar-refractivity contribution in [3.05, 3.63) is 56.2 Å². The molecule has 102 valence electrons. The number of hydrogen-bond acceptors (Lipinski definition) is 3. The molecule has 0 radical (unpaired) electrons. The average molecular weight is 316 g/mol. The second-order valence-corrected chi connectivity index (χ2v) is 6.40. The lowest BCUT2D eigenvalue weighted by atomic mass is 9.93. The van der Waals surface area contributed by atoms with E-state index in [1.807, 2.05) is 24.4 Å².